The molecule has 0 fully saturated rings. The maximum absolute atomic E-state index is 13.7. The summed E-state index contributed by atoms with van der Waals surface area (Å²) in [6.07, 6.45) is -16.0. The maximum atomic E-state index is 13.7. The number of hydrogen-bond acceptors (Lipinski definition) is 27. The van der Waals surface area contributed by atoms with Crippen molar-refractivity contribution in [3.8, 4) is 0 Å². The summed E-state index contributed by atoms with van der Waals surface area (Å²) in [6.45, 7) is -11.3. The minimum Gasteiger partial charge on any atom is -0.549 e. The predicted octanol–water partition coefficient (Wildman–Crippen LogP) is -16.3. The van der Waals surface area contributed by atoms with E-state index in [1.54, 1.807) is 0 Å². The van der Waals surface area contributed by atoms with Crippen LogP contribution in [-0.4, -0.2) is 326 Å². The number of aliphatic hydroxyl groups is 12. The van der Waals surface area contributed by atoms with E-state index in [0.717, 1.165) is 24.5 Å². The van der Waals surface area contributed by atoms with E-state index in [1.165, 1.54) is 0 Å². The molecule has 0 saturated heterocycles. The van der Waals surface area contributed by atoms with E-state index < -0.39 is 201 Å². The Morgan fingerprint density at radius 2 is 0.553 bits per heavy atom. The summed E-state index contributed by atoms with van der Waals surface area (Å²) in [5.41, 5.74) is 0. The second-order valence-electron chi connectivity index (χ2n) is 16.8. The third-order valence-corrected chi connectivity index (χ3v) is 10.9. The third-order valence-electron chi connectivity index (χ3n) is 10.9. The van der Waals surface area contributed by atoms with E-state index in [1.807, 2.05) is 0 Å². The number of carboxylic acids is 3. The molecular formula is C42H74GdN9O24. The predicted molar refractivity (Wildman–Crippen MR) is 244 cm³/mol. The van der Waals surface area contributed by atoms with Crippen molar-refractivity contribution >= 4 is 53.4 Å². The van der Waals surface area contributed by atoms with Crippen LogP contribution in [0.2, 0.25) is 0 Å². The number of carbonyl (C=O) groups excluding carboxylic acids is 9. The van der Waals surface area contributed by atoms with E-state index in [-0.39, 0.29) is 105 Å². The normalized spacial score (nSPS) is 14.5. The fraction of sp³-hybridized carbons (Fsp3) is 0.786. The van der Waals surface area contributed by atoms with Gasteiger partial charge in [0.1, 0.15) is 0 Å². The molecule has 0 spiro atoms. The van der Waals surface area contributed by atoms with E-state index in [0.29, 0.717) is 0 Å². The molecule has 439 valence electrons. The molecule has 8 atom stereocenters. The van der Waals surface area contributed by atoms with Crippen LogP contribution in [0, 0.1) is 39.9 Å². The van der Waals surface area contributed by atoms with Crippen LogP contribution in [0.5, 0.6) is 0 Å². The Morgan fingerprint density at radius 1 is 0.342 bits per heavy atom. The molecule has 0 heterocycles. The van der Waals surface area contributed by atoms with Gasteiger partial charge in [-0.1, -0.05) is 0 Å². The quantitative estimate of drug-likeness (QED) is 0.0269. The molecular weight excluding hydrogens is 1170 g/mol. The molecule has 0 aliphatic heterocycles. The standard InChI is InChI=1S/C42H77N9O24.Gd/c52-17-1-26(56)35(68)39(72)43-5-9-50(10-6-44-40(73)36(69)27(57)2-18-53)30(60)21-48(24-33(64)65)15-13-47(23-32(62)63)14-16-49(25-34(66)67)22-31(61)51(11-7-45-41(74)37(70)28(58)3-19-54)12-8-46-42(75)38(71)29(59)4-20-55;/h26-29,35-38,52-59,68-71H,1-25H2,(H,43,72)(H,44,73)(H,45,74)(H,46,75)(H,62,63)(H,64,65)(H,66,67);/q;+3/p-3/t26-,27-,28-,29-,35-,36-,37-,38-;/m1./s1. The van der Waals surface area contributed by atoms with Crippen molar-refractivity contribution in [3.63, 3.8) is 0 Å². The summed E-state index contributed by atoms with van der Waals surface area (Å²) >= 11 is 0. The second-order valence-corrected chi connectivity index (χ2v) is 16.8. The van der Waals surface area contributed by atoms with Crippen LogP contribution >= 0.6 is 0 Å². The van der Waals surface area contributed by atoms with Gasteiger partial charge in [-0.15, -0.1) is 0 Å². The minimum absolute atomic E-state index is 0. The van der Waals surface area contributed by atoms with Gasteiger partial charge in [0.2, 0.25) is 11.8 Å². The van der Waals surface area contributed by atoms with Gasteiger partial charge >= 0.3 is 39.9 Å². The summed E-state index contributed by atoms with van der Waals surface area (Å²) in [5, 5.41) is 160. The smallest absolute Gasteiger partial charge is 0.549 e. The summed E-state index contributed by atoms with van der Waals surface area (Å²) < 4.78 is 0. The second kappa shape index (κ2) is 42.0. The average molecular weight is 1250 g/mol. The number of rotatable bonds is 44. The Balaban J connectivity index is 0. The van der Waals surface area contributed by atoms with Gasteiger partial charge in [-0.25, -0.2) is 0 Å². The molecule has 0 aliphatic rings. The van der Waals surface area contributed by atoms with Crippen molar-refractivity contribution in [2.75, 3.05) is 138 Å². The molecule has 76 heavy (non-hydrogen) atoms. The van der Waals surface area contributed by atoms with E-state index in [4.69, 9.17) is 20.4 Å². The number of amides is 6. The Labute approximate surface area is 468 Å². The topological polar surface area (TPSA) is 530 Å². The van der Waals surface area contributed by atoms with Crippen molar-refractivity contribution < 1.29 is 160 Å². The summed E-state index contributed by atoms with van der Waals surface area (Å²) in [7, 11) is 0. The fourth-order valence-electron chi connectivity index (χ4n) is 6.65. The van der Waals surface area contributed by atoms with Crippen LogP contribution in [0.25, 0.3) is 0 Å². The number of hydrogen-bond donors (Lipinski definition) is 16. The van der Waals surface area contributed by atoms with Crippen LogP contribution in [0.15, 0.2) is 0 Å². The zero-order chi connectivity index (χ0) is 57.2. The van der Waals surface area contributed by atoms with Gasteiger partial charge in [-0.2, -0.15) is 0 Å². The summed E-state index contributed by atoms with van der Waals surface area (Å²) in [4.78, 5) is 118. The van der Waals surface area contributed by atoms with Gasteiger partial charge in [0.25, 0.3) is 23.6 Å². The summed E-state index contributed by atoms with van der Waals surface area (Å²) in [5.74, 6) is -11.2. The molecule has 0 aliphatic carbocycles. The van der Waals surface area contributed by atoms with E-state index in [2.05, 4.69) is 21.3 Å². The zero-order valence-electron chi connectivity index (χ0n) is 41.7. The van der Waals surface area contributed by atoms with E-state index >= 15 is 0 Å². The van der Waals surface area contributed by atoms with Gasteiger partial charge in [0.05, 0.1) is 55.4 Å². The first kappa shape index (κ1) is 74.0. The van der Waals surface area contributed by atoms with Crippen molar-refractivity contribution in [1.82, 2.24) is 45.8 Å². The molecule has 16 N–H and O–H groups in total. The number of nitrogens with one attached hydrogen (secondary N) is 4. The van der Waals surface area contributed by atoms with Crippen LogP contribution < -0.4 is 36.6 Å². The van der Waals surface area contributed by atoms with Crippen LogP contribution in [0.4, 0.5) is 0 Å². The molecule has 1 radical (unpaired) electrons. The fourth-order valence-corrected chi connectivity index (χ4v) is 6.65. The average Bonchev–Trinajstić information content (AvgIpc) is 3.34. The molecule has 0 saturated carbocycles. The molecule has 33 nitrogen and oxygen atoms in total. The minimum atomic E-state index is -1.99. The zero-order valence-corrected chi connectivity index (χ0v) is 43.9. The number of nitrogens with zero attached hydrogens (tertiary/aromatic N) is 5. The molecule has 0 aromatic heterocycles. The SMILES string of the molecule is O=C([O-])CN(CCN(CC(=O)[O-])CC(=O)N(CCNC(=O)[C@H](O)[C@H](O)CCO)CCNC(=O)[C@H](O)[C@H](O)CCO)CCN(CC(=O)[O-])CC(=O)N(CCNC(=O)[C@H](O)[C@H](O)CCO)CCNC(=O)[C@H](O)[C@H](O)CCO.[Gd+3]. The van der Waals surface area contributed by atoms with E-state index in [9.17, 15) is 99.3 Å². The first-order chi connectivity index (χ1) is 35.3. The molecule has 34 heteroatoms. The first-order valence-corrected chi connectivity index (χ1v) is 23.6. The molecule has 0 bridgehead atoms. The van der Waals surface area contributed by atoms with Gasteiger partial charge in [0, 0.05) is 125 Å². The Morgan fingerprint density at radius 3 is 0.763 bits per heavy atom. The Hall–Kier alpha value is -4.05. The Kier molecular flexibility index (Phi) is 40.9. The van der Waals surface area contributed by atoms with Gasteiger partial charge in [0.15, 0.2) is 24.4 Å². The number of aliphatic hydroxyl groups excluding tert-OH is 12. The maximum Gasteiger partial charge on any atom is 3.00 e. The molecule has 0 rings (SSSR count). The number of carbonyl (C=O) groups is 9. The van der Waals surface area contributed by atoms with Crippen molar-refractivity contribution in [2.45, 2.75) is 74.5 Å². The first-order valence-electron chi connectivity index (χ1n) is 23.6. The molecule has 0 aromatic carbocycles. The number of aliphatic carboxylic acids is 3. The van der Waals surface area contributed by atoms with Gasteiger partial charge in [-0.05, 0) is 25.7 Å². The molecule has 0 aromatic rings. The van der Waals surface area contributed by atoms with Crippen molar-refractivity contribution in [3.05, 3.63) is 0 Å². The van der Waals surface area contributed by atoms with Crippen molar-refractivity contribution in [1.29, 1.82) is 0 Å². The van der Waals surface area contributed by atoms with Crippen LogP contribution in [0.3, 0.4) is 0 Å². The number of carboxylic acid groups (broad SMARTS) is 3. The van der Waals surface area contributed by atoms with Gasteiger partial charge in [-0.3, -0.25) is 43.5 Å². The largest absolute Gasteiger partial charge is 3.00 e. The van der Waals surface area contributed by atoms with Crippen molar-refractivity contribution in [2.24, 2.45) is 0 Å². The Bertz CT molecular complexity index is 1580. The monoisotopic (exact) mass is 1250 g/mol. The van der Waals surface area contributed by atoms with Crippen LogP contribution in [0.1, 0.15) is 25.7 Å². The third kappa shape index (κ3) is 32.0. The summed E-state index contributed by atoms with van der Waals surface area (Å²) in [6, 6.07) is 0. The molecule has 6 amide bonds. The van der Waals surface area contributed by atoms with Gasteiger partial charge < -0.3 is 122 Å². The van der Waals surface area contributed by atoms with Crippen LogP contribution in [-0.2, 0) is 43.2 Å². The molecule has 0 unspecified atom stereocenters.